The minimum atomic E-state index is -0.352. The summed E-state index contributed by atoms with van der Waals surface area (Å²) in [7, 11) is 1.70. The van der Waals surface area contributed by atoms with Crippen molar-refractivity contribution in [2.75, 3.05) is 7.11 Å². The average Bonchev–Trinajstić information content (AvgIpc) is 2.58. The van der Waals surface area contributed by atoms with Crippen molar-refractivity contribution in [1.29, 1.82) is 0 Å². The molecule has 2 nitrogen and oxygen atoms in total. The van der Waals surface area contributed by atoms with Gasteiger partial charge in [0.05, 0.1) is 11.4 Å². The number of hydrogen-bond acceptors (Lipinski definition) is 3. The molecule has 0 spiro atoms. The molecule has 0 saturated carbocycles. The topological polar surface area (TPSA) is 26.3 Å². The molecule has 0 heterocycles. The summed E-state index contributed by atoms with van der Waals surface area (Å²) >= 11 is 1.75. The van der Waals surface area contributed by atoms with Crippen LogP contribution < -0.4 is 0 Å². The van der Waals surface area contributed by atoms with E-state index in [9.17, 15) is 4.79 Å². The lowest BCUT2D eigenvalue weighted by Crippen LogP contribution is -2.29. The molecule has 0 fully saturated rings. The zero-order chi connectivity index (χ0) is 17.6. The molecule has 0 aliphatic heterocycles. The normalized spacial score (nSPS) is 14.2. The van der Waals surface area contributed by atoms with Crippen LogP contribution in [0.3, 0.4) is 0 Å². The maximum Gasteiger partial charge on any atom is 0.140 e. The number of ether oxygens (including phenoxy) is 1. The Morgan fingerprint density at radius 3 is 2.04 bits per heavy atom. The van der Waals surface area contributed by atoms with Gasteiger partial charge in [-0.25, -0.2) is 0 Å². The van der Waals surface area contributed by atoms with E-state index in [0.717, 1.165) is 0 Å². The van der Waals surface area contributed by atoms with Gasteiger partial charge in [0, 0.05) is 23.8 Å². The summed E-state index contributed by atoms with van der Waals surface area (Å²) in [6.45, 7) is 5.89. The van der Waals surface area contributed by atoms with E-state index in [0.29, 0.717) is 6.42 Å². The van der Waals surface area contributed by atoms with E-state index in [1.54, 1.807) is 18.9 Å². The minimum Gasteiger partial charge on any atom is -0.379 e. The Morgan fingerprint density at radius 1 is 1.00 bits per heavy atom. The summed E-state index contributed by atoms with van der Waals surface area (Å²) < 4.78 is 5.76. The van der Waals surface area contributed by atoms with Gasteiger partial charge >= 0.3 is 0 Å². The van der Waals surface area contributed by atoms with Gasteiger partial charge in [-0.1, -0.05) is 69.3 Å². The molecule has 0 aliphatic carbocycles. The van der Waals surface area contributed by atoms with Crippen LogP contribution in [0.5, 0.6) is 0 Å². The third-order valence-corrected chi connectivity index (χ3v) is 5.37. The Hall–Kier alpha value is -1.58. The van der Waals surface area contributed by atoms with Gasteiger partial charge in [0.25, 0.3) is 0 Å². The number of carbonyl (C=O) groups excluding carboxylic acids is 1. The molecule has 0 saturated heterocycles. The molecule has 0 radical (unpaired) electrons. The summed E-state index contributed by atoms with van der Waals surface area (Å²) in [6, 6.07) is 20.6. The predicted octanol–water partition coefficient (Wildman–Crippen LogP) is 5.54. The van der Waals surface area contributed by atoms with Gasteiger partial charge in [0.2, 0.25) is 0 Å². The summed E-state index contributed by atoms with van der Waals surface area (Å²) in [5.41, 5.74) is 0.829. The number of carbonyl (C=O) groups is 1. The Balaban J connectivity index is 2.28. The second kappa shape index (κ2) is 8.50. The Labute approximate surface area is 149 Å². The molecule has 2 aromatic rings. The van der Waals surface area contributed by atoms with Crippen LogP contribution in [0.4, 0.5) is 0 Å². The van der Waals surface area contributed by atoms with Crippen molar-refractivity contribution in [2.24, 2.45) is 5.41 Å². The molecule has 2 atom stereocenters. The number of thioether (sulfide) groups is 1. The lowest BCUT2D eigenvalue weighted by atomic mass is 9.86. The molecule has 24 heavy (non-hydrogen) atoms. The summed E-state index contributed by atoms with van der Waals surface area (Å²) in [4.78, 5) is 13.7. The van der Waals surface area contributed by atoms with E-state index < -0.39 is 0 Å². The van der Waals surface area contributed by atoms with Gasteiger partial charge in [-0.3, -0.25) is 4.79 Å². The molecular formula is C21H26O2S. The van der Waals surface area contributed by atoms with Gasteiger partial charge in [0.1, 0.15) is 5.78 Å². The van der Waals surface area contributed by atoms with Crippen LogP contribution >= 0.6 is 11.8 Å². The molecule has 128 valence electrons. The molecule has 0 aromatic heterocycles. The third-order valence-electron chi connectivity index (χ3n) is 4.00. The highest BCUT2D eigenvalue weighted by Crippen LogP contribution is 2.40. The first kappa shape index (κ1) is 18.8. The number of rotatable bonds is 7. The van der Waals surface area contributed by atoms with Crippen LogP contribution in [0.1, 0.15) is 38.0 Å². The van der Waals surface area contributed by atoms with Crippen LogP contribution in [-0.4, -0.2) is 19.0 Å². The fourth-order valence-electron chi connectivity index (χ4n) is 2.45. The number of Topliss-reactive ketones (excluding diaryl/α,β-unsaturated/α-hetero) is 1. The molecule has 2 rings (SSSR count). The van der Waals surface area contributed by atoms with Crippen LogP contribution in [-0.2, 0) is 9.53 Å². The number of methoxy groups -OCH3 is 1. The lowest BCUT2D eigenvalue weighted by Gasteiger charge is -2.28. The Bertz CT molecular complexity index is 632. The highest BCUT2D eigenvalue weighted by Gasteiger charge is 2.30. The Kier molecular flexibility index (Phi) is 6.64. The van der Waals surface area contributed by atoms with Gasteiger partial charge < -0.3 is 4.74 Å². The third kappa shape index (κ3) is 5.22. The highest BCUT2D eigenvalue weighted by molar-refractivity contribution is 7.99. The molecule has 0 bridgehead atoms. The number of benzene rings is 2. The monoisotopic (exact) mass is 342 g/mol. The van der Waals surface area contributed by atoms with Gasteiger partial charge in [0.15, 0.2) is 0 Å². The number of ketones is 1. The van der Waals surface area contributed by atoms with Crippen LogP contribution in [0.2, 0.25) is 0 Å². The Morgan fingerprint density at radius 2 is 1.54 bits per heavy atom. The van der Waals surface area contributed by atoms with E-state index in [1.807, 2.05) is 57.2 Å². The van der Waals surface area contributed by atoms with Crippen molar-refractivity contribution in [3.63, 3.8) is 0 Å². The fourth-order valence-corrected chi connectivity index (χ4v) is 3.71. The molecule has 0 aliphatic rings. The smallest absolute Gasteiger partial charge is 0.140 e. The first-order chi connectivity index (χ1) is 11.4. The number of hydrogen-bond donors (Lipinski definition) is 0. The van der Waals surface area contributed by atoms with E-state index in [4.69, 9.17) is 4.74 Å². The summed E-state index contributed by atoms with van der Waals surface area (Å²) in [6.07, 6.45) is 0.253. The highest BCUT2D eigenvalue weighted by atomic mass is 32.2. The van der Waals surface area contributed by atoms with Crippen LogP contribution in [0.25, 0.3) is 0 Å². The maximum atomic E-state index is 12.5. The van der Waals surface area contributed by atoms with Crippen molar-refractivity contribution in [2.45, 2.75) is 43.4 Å². The molecule has 0 N–H and O–H groups in total. The predicted molar refractivity (Wildman–Crippen MR) is 101 cm³/mol. The van der Waals surface area contributed by atoms with Gasteiger partial charge in [-0.2, -0.15) is 0 Å². The van der Waals surface area contributed by atoms with Crippen LogP contribution in [0.15, 0.2) is 65.6 Å². The minimum absolute atomic E-state index is 0.0740. The first-order valence-corrected chi connectivity index (χ1v) is 9.12. The molecule has 3 heteroatoms. The quantitative estimate of drug-likeness (QED) is 0.618. The van der Waals surface area contributed by atoms with E-state index in [1.165, 1.54) is 10.5 Å². The zero-order valence-corrected chi connectivity index (χ0v) is 15.7. The fraction of sp³-hybridized carbons (Fsp3) is 0.381. The summed E-state index contributed by atoms with van der Waals surface area (Å²) in [5, 5.41) is 0.0740. The standard InChI is InChI=1S/C21H26O2S/c1-21(2,3)19(22)15-18(23-4)20(16-11-7-5-8-12-16)24-17-13-9-6-10-14-17/h5-14,18,20H,15H2,1-4H3/t18-,20+/m0/s1. The second-order valence-electron chi connectivity index (χ2n) is 6.91. The molecule has 0 amide bonds. The van der Waals surface area contributed by atoms with E-state index in [2.05, 4.69) is 24.3 Å². The average molecular weight is 343 g/mol. The van der Waals surface area contributed by atoms with Gasteiger partial charge in [-0.05, 0) is 17.7 Å². The molecule has 0 unspecified atom stereocenters. The van der Waals surface area contributed by atoms with Crippen molar-refractivity contribution in [1.82, 2.24) is 0 Å². The lowest BCUT2D eigenvalue weighted by molar-refractivity contribution is -0.128. The summed E-state index contributed by atoms with van der Waals surface area (Å²) in [5.74, 6) is 0.226. The second-order valence-corrected chi connectivity index (χ2v) is 8.13. The van der Waals surface area contributed by atoms with E-state index in [-0.39, 0.29) is 22.6 Å². The van der Waals surface area contributed by atoms with Crippen LogP contribution in [0, 0.1) is 5.41 Å². The largest absolute Gasteiger partial charge is 0.379 e. The first-order valence-electron chi connectivity index (χ1n) is 8.24. The zero-order valence-electron chi connectivity index (χ0n) is 14.9. The SMILES string of the molecule is CO[C@@H](CC(=O)C(C)(C)C)[C@H](Sc1ccccc1)c1ccccc1. The van der Waals surface area contributed by atoms with Crippen molar-refractivity contribution < 1.29 is 9.53 Å². The maximum absolute atomic E-state index is 12.5. The van der Waals surface area contributed by atoms with Crippen molar-refractivity contribution >= 4 is 17.5 Å². The molecular weight excluding hydrogens is 316 g/mol. The van der Waals surface area contributed by atoms with Gasteiger partial charge in [-0.15, -0.1) is 11.8 Å². The molecule has 2 aromatic carbocycles. The van der Waals surface area contributed by atoms with Crippen molar-refractivity contribution in [3.8, 4) is 0 Å². The van der Waals surface area contributed by atoms with Crippen molar-refractivity contribution in [3.05, 3.63) is 66.2 Å². The van der Waals surface area contributed by atoms with E-state index >= 15 is 0 Å².